The van der Waals surface area contributed by atoms with Crippen molar-refractivity contribution in [3.63, 3.8) is 0 Å². The van der Waals surface area contributed by atoms with Crippen LogP contribution in [0.4, 0.5) is 10.1 Å². The van der Waals surface area contributed by atoms with Gasteiger partial charge in [0.15, 0.2) is 5.78 Å². The van der Waals surface area contributed by atoms with Crippen LogP contribution < -0.4 is 5.32 Å². The first kappa shape index (κ1) is 17.4. The molecule has 0 fully saturated rings. The molecule has 25 heavy (non-hydrogen) atoms. The number of amides is 1. The molecule has 7 heteroatoms. The first-order valence-electron chi connectivity index (χ1n) is 7.85. The van der Waals surface area contributed by atoms with Crippen molar-refractivity contribution in [3.8, 4) is 0 Å². The normalized spacial score (nSPS) is 12.8. The number of halogens is 2. The lowest BCUT2D eigenvalue weighted by molar-refractivity contribution is -0.113. The van der Waals surface area contributed by atoms with E-state index < -0.39 is 23.3 Å². The Labute approximate surface area is 148 Å². The highest BCUT2D eigenvalue weighted by Gasteiger charge is 2.31. The van der Waals surface area contributed by atoms with Crippen LogP contribution in [-0.4, -0.2) is 22.0 Å². The van der Waals surface area contributed by atoms with Gasteiger partial charge in [-0.3, -0.25) is 14.4 Å². The molecule has 0 saturated heterocycles. The molecule has 2 heterocycles. The zero-order chi connectivity index (χ0) is 18.3. The molecule has 2 aromatic rings. The molecule has 130 valence electrons. The summed E-state index contributed by atoms with van der Waals surface area (Å²) in [6.07, 6.45) is 1.45. The van der Waals surface area contributed by atoms with E-state index in [1.165, 1.54) is 19.1 Å². The summed E-state index contributed by atoms with van der Waals surface area (Å²) in [5.41, 5.74) is 2.23. The molecule has 0 radical (unpaired) electrons. The van der Waals surface area contributed by atoms with Gasteiger partial charge in [-0.1, -0.05) is 11.6 Å². The molecule has 0 bridgehead atoms. The van der Waals surface area contributed by atoms with Crippen LogP contribution in [0, 0.1) is 12.7 Å². The number of carbonyl (C=O) groups excluding carboxylic acids is 3. The lowest BCUT2D eigenvalue weighted by atomic mass is 10.0. The summed E-state index contributed by atoms with van der Waals surface area (Å²) >= 11 is 5.74. The van der Waals surface area contributed by atoms with Gasteiger partial charge in [-0.05, 0) is 43.5 Å². The van der Waals surface area contributed by atoms with E-state index >= 15 is 0 Å². The third-order valence-electron chi connectivity index (χ3n) is 4.35. The molecule has 0 spiro atoms. The summed E-state index contributed by atoms with van der Waals surface area (Å²) in [6, 6.07) is 3.89. The van der Waals surface area contributed by atoms with E-state index in [1.807, 2.05) is 0 Å². The molecule has 5 nitrogen and oxygen atoms in total. The van der Waals surface area contributed by atoms with Gasteiger partial charge in [-0.2, -0.15) is 0 Å². The molecular formula is C18H16ClFN2O3. The predicted molar refractivity (Wildman–Crippen MR) is 91.9 cm³/mol. The second-order valence-corrected chi connectivity index (χ2v) is 6.43. The lowest BCUT2D eigenvalue weighted by Gasteiger charge is -2.09. The van der Waals surface area contributed by atoms with Gasteiger partial charge in [0.1, 0.15) is 11.5 Å². The molecule has 1 aliphatic rings. The Morgan fingerprint density at radius 1 is 1.28 bits per heavy atom. The zero-order valence-corrected chi connectivity index (χ0v) is 14.5. The number of fused-ring (bicyclic) bond motifs is 1. The summed E-state index contributed by atoms with van der Waals surface area (Å²) in [5, 5.41) is 2.58. The number of Topliss-reactive ketones (excluding diaryl/α,β-unsaturated/α-hetero) is 2. The Bertz CT molecular complexity index is 918. The SMILES string of the molecule is CC(=O)C(=O)c1c(C)c(C(=O)Nc2ccc(F)c(Cl)c2)n2c1CCC2. The van der Waals surface area contributed by atoms with Gasteiger partial charge in [0.2, 0.25) is 5.78 Å². The molecule has 1 aromatic heterocycles. The van der Waals surface area contributed by atoms with Crippen molar-refractivity contribution in [3.05, 3.63) is 51.6 Å². The van der Waals surface area contributed by atoms with Crippen molar-refractivity contribution in [2.24, 2.45) is 0 Å². The van der Waals surface area contributed by atoms with Gasteiger partial charge in [0, 0.05) is 24.8 Å². The topological polar surface area (TPSA) is 68.2 Å². The average molecular weight is 363 g/mol. The first-order chi connectivity index (χ1) is 11.8. The van der Waals surface area contributed by atoms with Crippen LogP contribution in [0.25, 0.3) is 0 Å². The van der Waals surface area contributed by atoms with Crippen LogP contribution in [0.15, 0.2) is 18.2 Å². The fourth-order valence-electron chi connectivity index (χ4n) is 3.25. The molecular weight excluding hydrogens is 347 g/mol. The number of nitrogens with zero attached hydrogens (tertiary/aromatic N) is 1. The van der Waals surface area contributed by atoms with E-state index in [9.17, 15) is 18.8 Å². The number of hydrogen-bond donors (Lipinski definition) is 1. The van der Waals surface area contributed by atoms with Gasteiger partial charge < -0.3 is 9.88 Å². The number of carbonyl (C=O) groups is 3. The maximum absolute atomic E-state index is 13.3. The number of hydrogen-bond acceptors (Lipinski definition) is 3. The minimum atomic E-state index is -0.577. The highest BCUT2D eigenvalue weighted by Crippen LogP contribution is 2.30. The van der Waals surface area contributed by atoms with Crippen LogP contribution in [0.1, 0.15) is 45.4 Å². The first-order valence-corrected chi connectivity index (χ1v) is 8.22. The van der Waals surface area contributed by atoms with Crippen LogP contribution in [0.3, 0.4) is 0 Å². The Hall–Kier alpha value is -2.47. The van der Waals surface area contributed by atoms with Crippen molar-refractivity contribution < 1.29 is 18.8 Å². The van der Waals surface area contributed by atoms with E-state index in [0.717, 1.165) is 18.2 Å². The van der Waals surface area contributed by atoms with E-state index in [-0.39, 0.29) is 5.02 Å². The number of nitrogens with one attached hydrogen (secondary N) is 1. The van der Waals surface area contributed by atoms with E-state index in [1.54, 1.807) is 11.5 Å². The Morgan fingerprint density at radius 2 is 2.00 bits per heavy atom. The quantitative estimate of drug-likeness (QED) is 0.668. The van der Waals surface area contributed by atoms with Crippen LogP contribution >= 0.6 is 11.6 Å². The van der Waals surface area contributed by atoms with Crippen LogP contribution in [-0.2, 0) is 17.8 Å². The van der Waals surface area contributed by atoms with Gasteiger partial charge in [-0.25, -0.2) is 4.39 Å². The van der Waals surface area contributed by atoms with Crippen molar-refractivity contribution in [1.29, 1.82) is 0 Å². The van der Waals surface area contributed by atoms with E-state index in [0.29, 0.717) is 35.5 Å². The van der Waals surface area contributed by atoms with Crippen molar-refractivity contribution in [1.82, 2.24) is 4.57 Å². The molecule has 1 aromatic carbocycles. The molecule has 1 amide bonds. The third-order valence-corrected chi connectivity index (χ3v) is 4.64. The number of rotatable bonds is 4. The molecule has 1 N–H and O–H groups in total. The summed E-state index contributed by atoms with van der Waals surface area (Å²) in [7, 11) is 0. The monoisotopic (exact) mass is 362 g/mol. The molecule has 0 saturated carbocycles. The Balaban J connectivity index is 2.01. The van der Waals surface area contributed by atoms with Crippen molar-refractivity contribution >= 4 is 34.8 Å². The van der Waals surface area contributed by atoms with Crippen LogP contribution in [0.2, 0.25) is 5.02 Å². The lowest BCUT2D eigenvalue weighted by Crippen LogP contribution is -2.18. The third kappa shape index (κ3) is 2.98. The second kappa shape index (κ2) is 6.44. The van der Waals surface area contributed by atoms with Gasteiger partial charge >= 0.3 is 0 Å². The second-order valence-electron chi connectivity index (χ2n) is 6.02. The largest absolute Gasteiger partial charge is 0.340 e. The zero-order valence-electron chi connectivity index (χ0n) is 13.8. The average Bonchev–Trinajstić information content (AvgIpc) is 3.09. The highest BCUT2D eigenvalue weighted by molar-refractivity contribution is 6.43. The number of aromatic nitrogens is 1. The van der Waals surface area contributed by atoms with E-state index in [4.69, 9.17) is 11.6 Å². The minimum Gasteiger partial charge on any atom is -0.340 e. The molecule has 3 rings (SSSR count). The van der Waals surface area contributed by atoms with Gasteiger partial charge in [0.05, 0.1) is 10.6 Å². The number of anilines is 1. The number of benzene rings is 1. The summed E-state index contributed by atoms with van der Waals surface area (Å²) < 4.78 is 15.0. The standard InChI is InChI=1S/C18H16ClFN2O3/c1-9-15(17(24)10(2)23)14-4-3-7-22(14)16(9)18(25)21-11-5-6-13(20)12(19)8-11/h5-6,8H,3-4,7H2,1-2H3,(H,21,25). The maximum atomic E-state index is 13.3. The van der Waals surface area contributed by atoms with Crippen LogP contribution in [0.5, 0.6) is 0 Å². The molecule has 1 aliphatic heterocycles. The summed E-state index contributed by atoms with van der Waals surface area (Å²) in [6.45, 7) is 3.49. The van der Waals surface area contributed by atoms with Gasteiger partial charge in [0.25, 0.3) is 5.91 Å². The molecule has 0 aliphatic carbocycles. The predicted octanol–water partition coefficient (Wildman–Crippen LogP) is 3.56. The van der Waals surface area contributed by atoms with Crippen molar-refractivity contribution in [2.75, 3.05) is 5.32 Å². The summed E-state index contributed by atoms with van der Waals surface area (Å²) in [4.78, 5) is 36.5. The molecule has 0 atom stereocenters. The maximum Gasteiger partial charge on any atom is 0.272 e. The number of ketones is 2. The highest BCUT2D eigenvalue weighted by atomic mass is 35.5. The molecule has 0 unspecified atom stereocenters. The Kier molecular flexibility index (Phi) is 4.47. The fourth-order valence-corrected chi connectivity index (χ4v) is 3.43. The van der Waals surface area contributed by atoms with Crippen molar-refractivity contribution in [2.45, 2.75) is 33.2 Å². The summed E-state index contributed by atoms with van der Waals surface area (Å²) in [5.74, 6) is -2.13. The van der Waals surface area contributed by atoms with Gasteiger partial charge in [-0.15, -0.1) is 0 Å². The van der Waals surface area contributed by atoms with E-state index in [2.05, 4.69) is 5.32 Å². The smallest absolute Gasteiger partial charge is 0.272 e. The minimum absolute atomic E-state index is 0.0950. The fraction of sp³-hybridized carbons (Fsp3) is 0.278. The Morgan fingerprint density at radius 3 is 2.64 bits per heavy atom.